The van der Waals surface area contributed by atoms with E-state index < -0.39 is 4.92 Å². The molecule has 0 amide bonds. The predicted molar refractivity (Wildman–Crippen MR) is 62.7 cm³/mol. The molecule has 0 radical (unpaired) electrons. The molecule has 1 rings (SSSR count). The van der Waals surface area contributed by atoms with Gasteiger partial charge in [0.1, 0.15) is 12.0 Å². The van der Waals surface area contributed by atoms with Crippen molar-refractivity contribution >= 4 is 23.1 Å². The molecule has 0 aromatic carbocycles. The molecule has 3 N–H and O–H groups in total. The lowest BCUT2D eigenvalue weighted by atomic mass is 10.1. The van der Waals surface area contributed by atoms with E-state index in [0.717, 1.165) is 6.20 Å². The van der Waals surface area contributed by atoms with Crippen LogP contribution in [0.25, 0.3) is 0 Å². The van der Waals surface area contributed by atoms with Crippen molar-refractivity contribution in [3.8, 4) is 0 Å². The zero-order chi connectivity index (χ0) is 12.3. The fourth-order valence-electron chi connectivity index (χ4n) is 0.991. The average molecular weight is 245 g/mol. The van der Waals surface area contributed by atoms with Crippen molar-refractivity contribution in [2.24, 2.45) is 5.73 Å². The molecule has 0 aliphatic rings. The number of anilines is 1. The third-order valence-corrected chi connectivity index (χ3v) is 2.29. The molecule has 0 spiro atoms. The zero-order valence-corrected chi connectivity index (χ0v) is 9.78. The molecular weight excluding hydrogens is 232 g/mol. The Morgan fingerprint density at radius 1 is 1.69 bits per heavy atom. The van der Waals surface area contributed by atoms with Crippen LogP contribution < -0.4 is 11.1 Å². The van der Waals surface area contributed by atoms with E-state index in [-0.39, 0.29) is 16.2 Å². The number of nitro groups is 1. The van der Waals surface area contributed by atoms with Gasteiger partial charge in [-0.05, 0) is 13.8 Å². The first-order valence-corrected chi connectivity index (χ1v) is 5.02. The number of nitrogens with zero attached hydrogens (tertiary/aromatic N) is 2. The minimum Gasteiger partial charge on any atom is -0.363 e. The highest BCUT2D eigenvalue weighted by Gasteiger charge is 2.18. The molecule has 0 unspecified atom stereocenters. The molecule has 0 atom stereocenters. The molecule has 0 aliphatic carbocycles. The smallest absolute Gasteiger partial charge is 0.289 e. The Hall–Kier alpha value is -1.40. The minimum absolute atomic E-state index is 0.138. The first-order chi connectivity index (χ1) is 7.35. The Kier molecular flexibility index (Phi) is 3.66. The molecule has 1 aromatic rings. The van der Waals surface area contributed by atoms with Crippen LogP contribution in [-0.2, 0) is 0 Å². The predicted octanol–water partition coefficient (Wildman–Crippen LogP) is 1.79. The Morgan fingerprint density at radius 3 is 2.75 bits per heavy atom. The van der Waals surface area contributed by atoms with E-state index in [0.29, 0.717) is 12.4 Å². The summed E-state index contributed by atoms with van der Waals surface area (Å²) in [5.74, 6) is 0.391. The zero-order valence-electron chi connectivity index (χ0n) is 9.03. The van der Waals surface area contributed by atoms with Gasteiger partial charge in [-0.25, -0.2) is 4.98 Å². The topological polar surface area (TPSA) is 94.1 Å². The lowest BCUT2D eigenvalue weighted by Gasteiger charge is -2.25. The molecule has 0 saturated heterocycles. The fourth-order valence-corrected chi connectivity index (χ4v) is 1.20. The highest BCUT2D eigenvalue weighted by Crippen LogP contribution is 2.25. The number of rotatable bonds is 4. The van der Waals surface area contributed by atoms with Crippen LogP contribution in [0.15, 0.2) is 12.3 Å². The van der Waals surface area contributed by atoms with Gasteiger partial charge in [-0.2, -0.15) is 0 Å². The van der Waals surface area contributed by atoms with Crippen LogP contribution in [0.1, 0.15) is 13.8 Å². The van der Waals surface area contributed by atoms with Crippen LogP contribution in [-0.4, -0.2) is 22.0 Å². The standard InChI is InChI=1S/C9H13ClN4O2/c1-9(2,5-11)13-8-7(10)3-6(4-12-8)14(15)16/h3-4H,5,11H2,1-2H3,(H,12,13). The highest BCUT2D eigenvalue weighted by molar-refractivity contribution is 6.33. The molecule has 7 heteroatoms. The summed E-state index contributed by atoms with van der Waals surface area (Å²) in [6.07, 6.45) is 1.15. The van der Waals surface area contributed by atoms with Crippen molar-refractivity contribution in [1.29, 1.82) is 0 Å². The molecule has 88 valence electrons. The van der Waals surface area contributed by atoms with Gasteiger partial charge in [0.15, 0.2) is 0 Å². The lowest BCUT2D eigenvalue weighted by molar-refractivity contribution is -0.385. The van der Waals surface area contributed by atoms with E-state index in [1.54, 1.807) is 0 Å². The molecule has 0 fully saturated rings. The molecule has 0 aliphatic heterocycles. The number of aromatic nitrogens is 1. The van der Waals surface area contributed by atoms with Crippen molar-refractivity contribution in [3.05, 3.63) is 27.4 Å². The molecule has 6 nitrogen and oxygen atoms in total. The van der Waals surface area contributed by atoms with E-state index in [4.69, 9.17) is 17.3 Å². The van der Waals surface area contributed by atoms with Crippen molar-refractivity contribution in [1.82, 2.24) is 4.98 Å². The van der Waals surface area contributed by atoms with Crippen molar-refractivity contribution in [3.63, 3.8) is 0 Å². The summed E-state index contributed by atoms with van der Waals surface area (Å²) < 4.78 is 0. The Balaban J connectivity index is 2.96. The van der Waals surface area contributed by atoms with Crippen molar-refractivity contribution in [2.45, 2.75) is 19.4 Å². The normalized spacial score (nSPS) is 11.2. The maximum absolute atomic E-state index is 10.5. The van der Waals surface area contributed by atoms with E-state index in [1.807, 2.05) is 13.8 Å². The number of hydrogen-bond acceptors (Lipinski definition) is 5. The van der Waals surface area contributed by atoms with Crippen molar-refractivity contribution in [2.75, 3.05) is 11.9 Å². The van der Waals surface area contributed by atoms with Crippen molar-refractivity contribution < 1.29 is 4.92 Å². The van der Waals surface area contributed by atoms with Crippen LogP contribution in [0.2, 0.25) is 5.02 Å². The molecule has 0 bridgehead atoms. The third kappa shape index (κ3) is 3.04. The first kappa shape index (κ1) is 12.7. The summed E-state index contributed by atoms with van der Waals surface area (Å²) in [4.78, 5) is 13.8. The first-order valence-electron chi connectivity index (χ1n) is 4.64. The second kappa shape index (κ2) is 4.63. The van der Waals surface area contributed by atoms with Gasteiger partial charge in [-0.3, -0.25) is 10.1 Å². The molecule has 1 heterocycles. The summed E-state index contributed by atoms with van der Waals surface area (Å²) in [6, 6.07) is 1.25. The SMILES string of the molecule is CC(C)(CN)Nc1ncc([N+](=O)[O-])cc1Cl. The molecule has 1 aromatic heterocycles. The minimum atomic E-state index is -0.545. The third-order valence-electron chi connectivity index (χ3n) is 2.00. The number of nitrogens with two attached hydrogens (primary N) is 1. The maximum atomic E-state index is 10.5. The maximum Gasteiger partial charge on any atom is 0.289 e. The second-order valence-corrected chi connectivity index (χ2v) is 4.40. The monoisotopic (exact) mass is 244 g/mol. The van der Waals surface area contributed by atoms with E-state index in [9.17, 15) is 10.1 Å². The van der Waals surface area contributed by atoms with Gasteiger partial charge in [0, 0.05) is 18.2 Å². The summed E-state index contributed by atoms with van der Waals surface area (Å²) in [5.41, 5.74) is 5.03. The van der Waals surface area contributed by atoms with Crippen LogP contribution >= 0.6 is 11.6 Å². The van der Waals surface area contributed by atoms with Crippen LogP contribution in [0.3, 0.4) is 0 Å². The van der Waals surface area contributed by atoms with E-state index in [1.165, 1.54) is 6.07 Å². The van der Waals surface area contributed by atoms with Crippen LogP contribution in [0.4, 0.5) is 11.5 Å². The second-order valence-electron chi connectivity index (χ2n) is 3.99. The summed E-state index contributed by atoms with van der Waals surface area (Å²) in [5, 5.41) is 13.7. The molecule has 16 heavy (non-hydrogen) atoms. The summed E-state index contributed by atoms with van der Waals surface area (Å²) >= 11 is 5.87. The van der Waals surface area contributed by atoms with Gasteiger partial charge in [0.05, 0.1) is 9.95 Å². The molecular formula is C9H13ClN4O2. The highest BCUT2D eigenvalue weighted by atomic mass is 35.5. The number of hydrogen-bond donors (Lipinski definition) is 2. The largest absolute Gasteiger partial charge is 0.363 e. The average Bonchev–Trinajstić information content (AvgIpc) is 2.20. The van der Waals surface area contributed by atoms with Gasteiger partial charge in [-0.15, -0.1) is 0 Å². The Bertz CT molecular complexity index is 408. The molecule has 0 saturated carbocycles. The van der Waals surface area contributed by atoms with E-state index in [2.05, 4.69) is 10.3 Å². The van der Waals surface area contributed by atoms with Gasteiger partial charge in [0.25, 0.3) is 5.69 Å². The van der Waals surface area contributed by atoms with Gasteiger partial charge in [0.2, 0.25) is 0 Å². The number of nitrogens with one attached hydrogen (secondary N) is 1. The Labute approximate surface area is 98.0 Å². The Morgan fingerprint density at radius 2 is 2.31 bits per heavy atom. The van der Waals surface area contributed by atoms with Crippen LogP contribution in [0.5, 0.6) is 0 Å². The van der Waals surface area contributed by atoms with Gasteiger partial charge in [-0.1, -0.05) is 11.6 Å². The number of pyridine rings is 1. The number of halogens is 1. The van der Waals surface area contributed by atoms with E-state index >= 15 is 0 Å². The fraction of sp³-hybridized carbons (Fsp3) is 0.444. The quantitative estimate of drug-likeness (QED) is 0.622. The van der Waals surface area contributed by atoms with Gasteiger partial charge < -0.3 is 11.1 Å². The van der Waals surface area contributed by atoms with Gasteiger partial charge >= 0.3 is 0 Å². The summed E-state index contributed by atoms with van der Waals surface area (Å²) in [6.45, 7) is 4.15. The van der Waals surface area contributed by atoms with Crippen LogP contribution in [0, 0.1) is 10.1 Å². The lowest BCUT2D eigenvalue weighted by Crippen LogP contribution is -2.39. The summed E-state index contributed by atoms with van der Waals surface area (Å²) in [7, 11) is 0.